The Morgan fingerprint density at radius 2 is 1.76 bits per heavy atom. The van der Waals surface area contributed by atoms with E-state index in [1.165, 1.54) is 15.7 Å². The van der Waals surface area contributed by atoms with Crippen molar-refractivity contribution < 1.29 is 4.74 Å². The second-order valence-corrected chi connectivity index (χ2v) is 6.91. The predicted molar refractivity (Wildman–Crippen MR) is 104 cm³/mol. The van der Waals surface area contributed by atoms with Crippen LogP contribution in [0.5, 0.6) is 0 Å². The summed E-state index contributed by atoms with van der Waals surface area (Å²) in [5.41, 5.74) is 1.60. The minimum absolute atomic E-state index is 0.265. The molecule has 1 aliphatic heterocycles. The second kappa shape index (κ2) is 6.76. The van der Waals surface area contributed by atoms with Gasteiger partial charge in [0.2, 0.25) is 0 Å². The third-order valence-corrected chi connectivity index (χ3v) is 5.64. The second-order valence-electron chi connectivity index (χ2n) is 5.84. The summed E-state index contributed by atoms with van der Waals surface area (Å²) < 4.78 is 5.89. The van der Waals surface area contributed by atoms with E-state index in [1.54, 1.807) is 11.8 Å². The van der Waals surface area contributed by atoms with E-state index in [1.807, 2.05) is 31.2 Å². The minimum Gasteiger partial charge on any atom is -0.362 e. The van der Waals surface area contributed by atoms with Crippen LogP contribution in [0.25, 0.3) is 21.3 Å². The van der Waals surface area contributed by atoms with Crippen molar-refractivity contribution in [2.75, 3.05) is 6.61 Å². The van der Waals surface area contributed by atoms with E-state index in [0.29, 0.717) is 12.2 Å². The first kappa shape index (κ1) is 16.0. The molecule has 25 heavy (non-hydrogen) atoms. The average Bonchev–Trinajstić information content (AvgIpc) is 2.68. The first-order valence-electron chi connectivity index (χ1n) is 8.33. The van der Waals surface area contributed by atoms with Crippen molar-refractivity contribution in [3.8, 4) is 6.07 Å². The smallest absolute Gasteiger partial charge is 0.143 e. The van der Waals surface area contributed by atoms with E-state index >= 15 is 0 Å². The van der Waals surface area contributed by atoms with Crippen molar-refractivity contribution in [1.82, 2.24) is 0 Å². The Labute approximate surface area is 151 Å². The Balaban J connectivity index is 2.19. The molecular formula is C22H17NOS. The molecule has 1 aliphatic rings. The van der Waals surface area contributed by atoms with Crippen LogP contribution in [0.4, 0.5) is 0 Å². The first-order valence-corrected chi connectivity index (χ1v) is 9.21. The van der Waals surface area contributed by atoms with Gasteiger partial charge < -0.3 is 4.74 Å². The lowest BCUT2D eigenvalue weighted by atomic mass is 10.0. The summed E-state index contributed by atoms with van der Waals surface area (Å²) in [5.74, 6) is 0. The van der Waals surface area contributed by atoms with Crippen LogP contribution in [0.1, 0.15) is 12.5 Å². The minimum atomic E-state index is -0.265. The SMILES string of the molecule is CCOC1SC(c2ccccc2)=c2c(ccc3ccccc23)=C1C#N. The topological polar surface area (TPSA) is 33.0 Å². The highest BCUT2D eigenvalue weighted by molar-refractivity contribution is 8.09. The van der Waals surface area contributed by atoms with Gasteiger partial charge in [-0.3, -0.25) is 0 Å². The van der Waals surface area contributed by atoms with Crippen molar-refractivity contribution in [3.63, 3.8) is 0 Å². The van der Waals surface area contributed by atoms with Crippen LogP contribution in [0, 0.1) is 11.3 Å². The lowest BCUT2D eigenvalue weighted by molar-refractivity contribution is 0.160. The molecule has 0 saturated heterocycles. The van der Waals surface area contributed by atoms with E-state index in [4.69, 9.17) is 4.74 Å². The molecule has 0 fully saturated rings. The quantitative estimate of drug-likeness (QED) is 0.725. The fourth-order valence-corrected chi connectivity index (χ4v) is 4.60. The summed E-state index contributed by atoms with van der Waals surface area (Å²) in [6, 6.07) is 25.2. The normalized spacial score (nSPS) is 16.6. The van der Waals surface area contributed by atoms with Gasteiger partial charge in [-0.05, 0) is 23.3 Å². The maximum Gasteiger partial charge on any atom is 0.143 e. The Hall–Kier alpha value is -2.54. The van der Waals surface area contributed by atoms with Gasteiger partial charge in [-0.2, -0.15) is 5.26 Å². The molecule has 3 aromatic carbocycles. The predicted octanol–water partition coefficient (Wildman–Crippen LogP) is 3.78. The van der Waals surface area contributed by atoms with Crippen LogP contribution >= 0.6 is 11.8 Å². The molecule has 122 valence electrons. The number of hydrogen-bond donors (Lipinski definition) is 0. The molecule has 0 spiro atoms. The highest BCUT2D eigenvalue weighted by Crippen LogP contribution is 2.35. The molecular weight excluding hydrogens is 326 g/mol. The van der Waals surface area contributed by atoms with E-state index in [0.717, 1.165) is 16.0 Å². The molecule has 0 bridgehead atoms. The van der Waals surface area contributed by atoms with E-state index < -0.39 is 0 Å². The van der Waals surface area contributed by atoms with Crippen molar-refractivity contribution in [1.29, 1.82) is 5.26 Å². The van der Waals surface area contributed by atoms with Crippen LogP contribution in [0.15, 0.2) is 66.7 Å². The fourth-order valence-electron chi connectivity index (χ4n) is 3.28. The van der Waals surface area contributed by atoms with Crippen molar-refractivity contribution in [3.05, 3.63) is 82.7 Å². The summed E-state index contributed by atoms with van der Waals surface area (Å²) in [7, 11) is 0. The van der Waals surface area contributed by atoms with Gasteiger partial charge in [0.25, 0.3) is 0 Å². The molecule has 0 radical (unpaired) electrons. The van der Waals surface area contributed by atoms with Gasteiger partial charge >= 0.3 is 0 Å². The third-order valence-electron chi connectivity index (χ3n) is 4.38. The molecule has 0 N–H and O–H groups in total. The fraction of sp³-hybridized carbons (Fsp3) is 0.136. The van der Waals surface area contributed by atoms with Crippen LogP contribution in [-0.2, 0) is 4.74 Å². The highest BCUT2D eigenvalue weighted by Gasteiger charge is 2.25. The Morgan fingerprint density at radius 1 is 1.00 bits per heavy atom. The van der Waals surface area contributed by atoms with E-state index in [9.17, 15) is 5.26 Å². The van der Waals surface area contributed by atoms with Crippen LogP contribution < -0.4 is 10.4 Å². The van der Waals surface area contributed by atoms with E-state index in [2.05, 4.69) is 48.5 Å². The lowest BCUT2D eigenvalue weighted by Gasteiger charge is -2.23. The zero-order chi connectivity index (χ0) is 17.2. The van der Waals surface area contributed by atoms with Gasteiger partial charge in [0.05, 0.1) is 11.6 Å². The van der Waals surface area contributed by atoms with Crippen molar-refractivity contribution >= 4 is 33.0 Å². The number of thioether (sulfide) groups is 1. The molecule has 1 unspecified atom stereocenters. The summed E-state index contributed by atoms with van der Waals surface area (Å²) in [5, 5.41) is 14.3. The molecule has 4 rings (SSSR count). The van der Waals surface area contributed by atoms with Gasteiger partial charge in [0, 0.05) is 21.9 Å². The van der Waals surface area contributed by atoms with Crippen LogP contribution in [0.2, 0.25) is 0 Å². The van der Waals surface area contributed by atoms with Crippen molar-refractivity contribution in [2.24, 2.45) is 0 Å². The van der Waals surface area contributed by atoms with E-state index in [-0.39, 0.29) is 5.44 Å². The number of fused-ring (bicyclic) bond motifs is 3. The molecule has 0 aromatic heterocycles. The molecule has 2 nitrogen and oxygen atoms in total. The highest BCUT2D eigenvalue weighted by atomic mass is 32.2. The maximum absolute atomic E-state index is 9.77. The Kier molecular flexibility index (Phi) is 4.31. The van der Waals surface area contributed by atoms with Gasteiger partial charge in [-0.25, -0.2) is 0 Å². The summed E-state index contributed by atoms with van der Waals surface area (Å²) >= 11 is 1.63. The summed E-state index contributed by atoms with van der Waals surface area (Å²) in [6.45, 7) is 2.54. The molecule has 3 heteroatoms. The van der Waals surface area contributed by atoms with Gasteiger partial charge in [0.15, 0.2) is 0 Å². The number of nitriles is 1. The maximum atomic E-state index is 9.77. The number of ether oxygens (including phenoxy) is 1. The van der Waals surface area contributed by atoms with Gasteiger partial charge in [-0.15, -0.1) is 0 Å². The Bertz CT molecular complexity index is 1100. The monoisotopic (exact) mass is 343 g/mol. The number of hydrogen-bond acceptors (Lipinski definition) is 3. The summed E-state index contributed by atoms with van der Waals surface area (Å²) in [6.07, 6.45) is 0. The number of benzene rings is 3. The zero-order valence-electron chi connectivity index (χ0n) is 13.9. The lowest BCUT2D eigenvalue weighted by Crippen LogP contribution is -2.36. The molecule has 0 aliphatic carbocycles. The molecule has 3 aromatic rings. The molecule has 1 atom stereocenters. The molecule has 1 heterocycles. The third kappa shape index (κ3) is 2.74. The zero-order valence-corrected chi connectivity index (χ0v) is 14.7. The summed E-state index contributed by atoms with van der Waals surface area (Å²) in [4.78, 5) is 1.17. The molecule has 0 amide bonds. The van der Waals surface area contributed by atoms with Crippen molar-refractivity contribution in [2.45, 2.75) is 12.4 Å². The van der Waals surface area contributed by atoms with Crippen LogP contribution in [-0.4, -0.2) is 12.0 Å². The number of nitrogens with zero attached hydrogens (tertiary/aromatic N) is 1. The standard InChI is InChI=1S/C22H17NOS/c1-2-24-22-19(14-23)18-13-12-15-8-6-7-11-17(15)20(18)21(25-22)16-9-4-3-5-10-16/h3-13,22H,2H2,1H3. The number of rotatable bonds is 3. The van der Waals surface area contributed by atoms with Gasteiger partial charge in [0.1, 0.15) is 5.44 Å². The molecule has 0 saturated carbocycles. The van der Waals surface area contributed by atoms with Crippen LogP contribution in [0.3, 0.4) is 0 Å². The Morgan fingerprint density at radius 3 is 2.52 bits per heavy atom. The largest absolute Gasteiger partial charge is 0.362 e. The first-order chi connectivity index (χ1) is 12.3. The average molecular weight is 343 g/mol. The van der Waals surface area contributed by atoms with Gasteiger partial charge in [-0.1, -0.05) is 78.5 Å².